The van der Waals surface area contributed by atoms with Gasteiger partial charge >= 0.3 is 0 Å². The standard InChI is InChI=1S/C13H17FN4O2S/c1-8-11(7-15)13(17-16-8)21(19,20)18-9(2)10-5-3-4-6-12(10)14/h3-6,9,18H,7,15H2,1-2H3,(H,16,17). The maximum absolute atomic E-state index is 13.7. The van der Waals surface area contributed by atoms with Crippen molar-refractivity contribution in [2.24, 2.45) is 5.73 Å². The van der Waals surface area contributed by atoms with Crippen LogP contribution < -0.4 is 10.5 Å². The largest absolute Gasteiger partial charge is 0.326 e. The summed E-state index contributed by atoms with van der Waals surface area (Å²) < 4.78 is 40.8. The molecule has 0 spiro atoms. The minimum atomic E-state index is -3.89. The van der Waals surface area contributed by atoms with Gasteiger partial charge in [0, 0.05) is 29.4 Å². The van der Waals surface area contributed by atoms with Crippen LogP contribution in [-0.2, 0) is 16.6 Å². The molecular formula is C13H17FN4O2S. The summed E-state index contributed by atoms with van der Waals surface area (Å²) in [6.07, 6.45) is 0. The molecule has 2 rings (SSSR count). The van der Waals surface area contributed by atoms with E-state index >= 15 is 0 Å². The molecule has 8 heteroatoms. The van der Waals surface area contributed by atoms with Gasteiger partial charge in [-0.05, 0) is 19.9 Å². The van der Waals surface area contributed by atoms with Gasteiger partial charge in [-0.15, -0.1) is 0 Å². The van der Waals surface area contributed by atoms with Gasteiger partial charge in [0.25, 0.3) is 10.0 Å². The Morgan fingerprint density at radius 2 is 2.10 bits per heavy atom. The highest BCUT2D eigenvalue weighted by Crippen LogP contribution is 2.21. The molecule has 1 atom stereocenters. The lowest BCUT2D eigenvalue weighted by Gasteiger charge is -2.14. The van der Waals surface area contributed by atoms with Gasteiger partial charge in [-0.3, -0.25) is 5.10 Å². The zero-order chi connectivity index (χ0) is 15.6. The Labute approximate surface area is 122 Å². The molecule has 0 fully saturated rings. The van der Waals surface area contributed by atoms with Crippen LogP contribution in [0.2, 0.25) is 0 Å². The molecule has 1 unspecified atom stereocenters. The Morgan fingerprint density at radius 1 is 1.43 bits per heavy atom. The molecule has 1 heterocycles. The van der Waals surface area contributed by atoms with Gasteiger partial charge in [-0.25, -0.2) is 17.5 Å². The highest BCUT2D eigenvalue weighted by atomic mass is 32.2. The number of halogens is 1. The van der Waals surface area contributed by atoms with Crippen molar-refractivity contribution in [2.45, 2.75) is 31.5 Å². The third kappa shape index (κ3) is 3.12. The second kappa shape index (κ2) is 5.92. The van der Waals surface area contributed by atoms with Gasteiger partial charge in [0.15, 0.2) is 5.03 Å². The van der Waals surface area contributed by atoms with Crippen LogP contribution in [0, 0.1) is 12.7 Å². The maximum atomic E-state index is 13.7. The monoisotopic (exact) mass is 312 g/mol. The number of nitrogens with two attached hydrogens (primary N) is 1. The van der Waals surface area contributed by atoms with E-state index in [1.54, 1.807) is 26.0 Å². The number of sulfonamides is 1. The molecule has 21 heavy (non-hydrogen) atoms. The summed E-state index contributed by atoms with van der Waals surface area (Å²) in [7, 11) is -3.89. The minimum Gasteiger partial charge on any atom is -0.326 e. The van der Waals surface area contributed by atoms with E-state index in [2.05, 4.69) is 14.9 Å². The third-order valence-corrected chi connectivity index (χ3v) is 4.71. The first-order valence-electron chi connectivity index (χ1n) is 6.37. The lowest BCUT2D eigenvalue weighted by molar-refractivity contribution is 0.546. The SMILES string of the molecule is Cc1[nH]nc(S(=O)(=O)NC(C)c2ccccc2F)c1CN. The molecule has 4 N–H and O–H groups in total. The number of nitrogens with one attached hydrogen (secondary N) is 2. The average molecular weight is 312 g/mol. The fourth-order valence-corrected chi connectivity index (χ4v) is 3.50. The molecule has 0 aliphatic heterocycles. The quantitative estimate of drug-likeness (QED) is 0.776. The molecular weight excluding hydrogens is 295 g/mol. The fraction of sp³-hybridized carbons (Fsp3) is 0.308. The summed E-state index contributed by atoms with van der Waals surface area (Å²) in [6.45, 7) is 3.30. The zero-order valence-electron chi connectivity index (χ0n) is 11.7. The highest BCUT2D eigenvalue weighted by molar-refractivity contribution is 7.89. The highest BCUT2D eigenvalue weighted by Gasteiger charge is 2.26. The first kappa shape index (κ1) is 15.6. The second-order valence-electron chi connectivity index (χ2n) is 4.70. The van der Waals surface area contributed by atoms with Crippen molar-refractivity contribution < 1.29 is 12.8 Å². The topological polar surface area (TPSA) is 101 Å². The number of aryl methyl sites for hydroxylation is 1. The van der Waals surface area contributed by atoms with Crippen LogP contribution in [0.25, 0.3) is 0 Å². The van der Waals surface area contributed by atoms with Gasteiger partial charge in [0.05, 0.1) is 0 Å². The molecule has 114 valence electrons. The fourth-order valence-electron chi connectivity index (χ4n) is 2.07. The number of benzene rings is 1. The summed E-state index contributed by atoms with van der Waals surface area (Å²) in [6, 6.07) is 5.28. The molecule has 0 bridgehead atoms. The smallest absolute Gasteiger partial charge is 0.260 e. The van der Waals surface area contributed by atoms with Crippen molar-refractivity contribution in [1.82, 2.24) is 14.9 Å². The average Bonchev–Trinajstić information content (AvgIpc) is 2.80. The van der Waals surface area contributed by atoms with Crippen molar-refractivity contribution in [2.75, 3.05) is 0 Å². The first-order valence-corrected chi connectivity index (χ1v) is 7.85. The molecule has 2 aromatic rings. The molecule has 1 aromatic carbocycles. The first-order chi connectivity index (χ1) is 9.86. The second-order valence-corrected chi connectivity index (χ2v) is 6.33. The van der Waals surface area contributed by atoms with Crippen molar-refractivity contribution in [3.8, 4) is 0 Å². The number of hydrogen-bond donors (Lipinski definition) is 3. The molecule has 0 aliphatic rings. The van der Waals surface area contributed by atoms with E-state index in [0.29, 0.717) is 11.3 Å². The number of aromatic nitrogens is 2. The Hall–Kier alpha value is -1.77. The van der Waals surface area contributed by atoms with Crippen LogP contribution in [-0.4, -0.2) is 18.6 Å². The predicted molar refractivity (Wildman–Crippen MR) is 76.4 cm³/mol. The normalized spacial score (nSPS) is 13.3. The Kier molecular flexibility index (Phi) is 4.40. The Bertz CT molecular complexity index is 742. The Morgan fingerprint density at radius 3 is 2.71 bits per heavy atom. The van der Waals surface area contributed by atoms with E-state index in [1.165, 1.54) is 12.1 Å². The van der Waals surface area contributed by atoms with Crippen molar-refractivity contribution in [3.63, 3.8) is 0 Å². The van der Waals surface area contributed by atoms with E-state index in [9.17, 15) is 12.8 Å². The molecule has 0 amide bonds. The molecule has 0 saturated heterocycles. The van der Waals surface area contributed by atoms with Crippen LogP contribution >= 0.6 is 0 Å². The molecule has 6 nitrogen and oxygen atoms in total. The summed E-state index contributed by atoms with van der Waals surface area (Å²) in [5, 5.41) is 6.23. The van der Waals surface area contributed by atoms with E-state index in [1.807, 2.05) is 0 Å². The summed E-state index contributed by atoms with van der Waals surface area (Å²) in [5.74, 6) is -0.468. The Balaban J connectivity index is 2.31. The van der Waals surface area contributed by atoms with Gasteiger partial charge in [-0.2, -0.15) is 5.10 Å². The summed E-state index contributed by atoms with van der Waals surface area (Å²) >= 11 is 0. The van der Waals surface area contributed by atoms with Gasteiger partial charge in [0.1, 0.15) is 5.82 Å². The predicted octanol–water partition coefficient (Wildman–Crippen LogP) is 1.36. The summed E-state index contributed by atoms with van der Waals surface area (Å²) in [5.41, 5.74) is 6.83. The van der Waals surface area contributed by atoms with Gasteiger partial charge in [0.2, 0.25) is 0 Å². The molecule has 1 aromatic heterocycles. The minimum absolute atomic E-state index is 0.0483. The van der Waals surface area contributed by atoms with Gasteiger partial charge < -0.3 is 5.73 Å². The van der Waals surface area contributed by atoms with Crippen LogP contribution in [0.4, 0.5) is 4.39 Å². The molecule has 0 aliphatic carbocycles. The van der Waals surface area contributed by atoms with E-state index < -0.39 is 21.9 Å². The van der Waals surface area contributed by atoms with Gasteiger partial charge in [-0.1, -0.05) is 18.2 Å². The number of H-pyrrole nitrogens is 1. The van der Waals surface area contributed by atoms with Crippen molar-refractivity contribution in [3.05, 3.63) is 46.9 Å². The maximum Gasteiger partial charge on any atom is 0.260 e. The van der Waals surface area contributed by atoms with Crippen LogP contribution in [0.15, 0.2) is 29.3 Å². The lowest BCUT2D eigenvalue weighted by Crippen LogP contribution is -2.28. The van der Waals surface area contributed by atoms with Crippen LogP contribution in [0.1, 0.15) is 29.8 Å². The summed E-state index contributed by atoms with van der Waals surface area (Å²) in [4.78, 5) is 0. The van der Waals surface area contributed by atoms with Crippen LogP contribution in [0.3, 0.4) is 0 Å². The van der Waals surface area contributed by atoms with Crippen molar-refractivity contribution in [1.29, 1.82) is 0 Å². The molecule has 0 radical (unpaired) electrons. The van der Waals surface area contributed by atoms with E-state index in [4.69, 9.17) is 5.73 Å². The zero-order valence-corrected chi connectivity index (χ0v) is 12.5. The third-order valence-electron chi connectivity index (χ3n) is 3.20. The number of rotatable bonds is 5. The van der Waals surface area contributed by atoms with Crippen LogP contribution in [0.5, 0.6) is 0 Å². The number of hydrogen-bond acceptors (Lipinski definition) is 4. The number of nitrogens with zero attached hydrogens (tertiary/aromatic N) is 1. The van der Waals surface area contributed by atoms with E-state index in [-0.39, 0.29) is 17.1 Å². The van der Waals surface area contributed by atoms with E-state index in [0.717, 1.165) is 0 Å². The molecule has 0 saturated carbocycles. The number of aromatic amines is 1. The van der Waals surface area contributed by atoms with Crippen molar-refractivity contribution >= 4 is 10.0 Å². The lowest BCUT2D eigenvalue weighted by atomic mass is 10.1.